The zero-order valence-electron chi connectivity index (χ0n) is 16.5. The first-order valence-corrected chi connectivity index (χ1v) is 10.9. The van der Waals surface area contributed by atoms with Crippen LogP contribution >= 0.6 is 11.8 Å². The molecule has 1 aromatic heterocycles. The number of imide groups is 1. The van der Waals surface area contributed by atoms with Crippen molar-refractivity contribution in [2.24, 2.45) is 0 Å². The van der Waals surface area contributed by atoms with E-state index in [-0.39, 0.29) is 19.0 Å². The quantitative estimate of drug-likeness (QED) is 0.703. The van der Waals surface area contributed by atoms with Gasteiger partial charge in [-0.15, -0.1) is 0 Å². The highest BCUT2D eigenvalue weighted by Gasteiger charge is 2.37. The van der Waals surface area contributed by atoms with Crippen LogP contribution in [0.3, 0.4) is 0 Å². The molecule has 2 aliphatic rings. The Bertz CT molecular complexity index is 1070. The van der Waals surface area contributed by atoms with Gasteiger partial charge in [-0.25, -0.2) is 0 Å². The van der Waals surface area contributed by atoms with Crippen LogP contribution in [0.2, 0.25) is 0 Å². The number of thioether (sulfide) groups is 1. The van der Waals surface area contributed by atoms with Crippen molar-refractivity contribution in [1.82, 2.24) is 14.4 Å². The topological polar surface area (TPSA) is 86.4 Å². The van der Waals surface area contributed by atoms with Crippen LogP contribution in [-0.4, -0.2) is 51.1 Å². The lowest BCUT2D eigenvalue weighted by atomic mass is 10.1. The van der Waals surface area contributed by atoms with Gasteiger partial charge < -0.3 is 9.47 Å². The lowest BCUT2D eigenvalue weighted by Gasteiger charge is -2.22. The first kappa shape index (κ1) is 20.2. The fourth-order valence-electron chi connectivity index (χ4n) is 3.93. The number of rotatable bonds is 4. The number of benzene rings is 1. The molecule has 7 nitrogen and oxygen atoms in total. The summed E-state index contributed by atoms with van der Waals surface area (Å²) in [4.78, 5) is 41.0. The zero-order valence-corrected chi connectivity index (χ0v) is 17.4. The molecule has 0 atom stereocenters. The first-order valence-electron chi connectivity index (χ1n) is 10.1. The normalized spacial score (nSPS) is 18.8. The summed E-state index contributed by atoms with van der Waals surface area (Å²) in [6.07, 6.45) is 7.61. The molecule has 3 amide bonds. The Balaban J connectivity index is 1.55. The summed E-state index contributed by atoms with van der Waals surface area (Å²) < 4.78 is 1.81. The molecule has 8 heteroatoms. The molecule has 154 valence electrons. The Morgan fingerprint density at radius 2 is 1.87 bits per heavy atom. The number of aromatic nitrogens is 1. The predicted octanol–water partition coefficient (Wildman–Crippen LogP) is 3.60. The number of amides is 3. The van der Waals surface area contributed by atoms with Gasteiger partial charge in [0.2, 0.25) is 5.91 Å². The average Bonchev–Trinajstić information content (AvgIpc) is 3.06. The van der Waals surface area contributed by atoms with Gasteiger partial charge in [-0.3, -0.25) is 19.3 Å². The number of likely N-dealkylation sites (tertiary alicyclic amines) is 1. The maximum Gasteiger partial charge on any atom is 0.294 e. The van der Waals surface area contributed by atoms with E-state index in [2.05, 4.69) is 6.07 Å². The molecule has 1 aromatic carbocycles. The van der Waals surface area contributed by atoms with Crippen LogP contribution in [0.4, 0.5) is 4.79 Å². The maximum atomic E-state index is 12.9. The minimum absolute atomic E-state index is 0.175. The molecule has 2 aromatic rings. The lowest BCUT2D eigenvalue weighted by molar-refractivity contribution is -0.135. The second kappa shape index (κ2) is 8.76. The highest BCUT2D eigenvalue weighted by molar-refractivity contribution is 8.18. The number of hydrogen-bond acceptors (Lipinski definition) is 5. The van der Waals surface area contributed by atoms with Crippen LogP contribution < -0.4 is 0 Å². The van der Waals surface area contributed by atoms with Gasteiger partial charge >= 0.3 is 0 Å². The Kier molecular flexibility index (Phi) is 5.91. The minimum Gasteiger partial charge on any atom is -0.341 e. The molecule has 2 saturated heterocycles. The van der Waals surface area contributed by atoms with E-state index < -0.39 is 11.1 Å². The van der Waals surface area contributed by atoms with E-state index in [9.17, 15) is 14.4 Å². The van der Waals surface area contributed by atoms with Crippen molar-refractivity contribution in [2.75, 3.05) is 19.6 Å². The van der Waals surface area contributed by atoms with Crippen molar-refractivity contribution >= 4 is 45.8 Å². The van der Waals surface area contributed by atoms with E-state index in [1.54, 1.807) is 11.0 Å². The molecule has 3 heterocycles. The van der Waals surface area contributed by atoms with Gasteiger partial charge in [0.1, 0.15) is 13.1 Å². The van der Waals surface area contributed by atoms with Crippen LogP contribution in [-0.2, 0) is 16.1 Å². The standard InChI is InChI=1S/C22H22N4O3S/c23-9-12-25-14-16(17-7-3-4-8-18(17)25)13-19-21(28)26(22(29)30-19)15-20(27)24-10-5-1-2-6-11-24/h3-4,7-8,13-14H,1-2,5-6,10-12,15H2. The SMILES string of the molecule is N#CCn1cc(C=C2SC(=O)N(CC(=O)N3CCCCCC3)C2=O)c2ccccc21. The van der Waals surface area contributed by atoms with E-state index in [1.807, 2.05) is 35.0 Å². The molecule has 2 aliphatic heterocycles. The third-order valence-electron chi connectivity index (χ3n) is 5.47. The second-order valence-electron chi connectivity index (χ2n) is 7.45. The molecule has 0 aliphatic carbocycles. The molecular formula is C22H22N4O3S. The molecule has 0 spiro atoms. The molecular weight excluding hydrogens is 400 g/mol. The van der Waals surface area contributed by atoms with E-state index in [4.69, 9.17) is 5.26 Å². The number of carbonyl (C=O) groups excluding carboxylic acids is 3. The monoisotopic (exact) mass is 422 g/mol. The molecule has 0 bridgehead atoms. The molecule has 0 unspecified atom stereocenters. The van der Waals surface area contributed by atoms with Crippen molar-refractivity contribution in [2.45, 2.75) is 32.2 Å². The lowest BCUT2D eigenvalue weighted by Crippen LogP contribution is -2.42. The Hall–Kier alpha value is -3.05. The third kappa shape index (κ3) is 3.98. The van der Waals surface area contributed by atoms with Gasteiger partial charge in [0, 0.05) is 35.8 Å². The average molecular weight is 423 g/mol. The number of fused-ring (bicyclic) bond motifs is 1. The molecule has 30 heavy (non-hydrogen) atoms. The van der Waals surface area contributed by atoms with E-state index in [0.717, 1.165) is 58.8 Å². The van der Waals surface area contributed by atoms with Crippen LogP contribution in [0.15, 0.2) is 35.4 Å². The number of para-hydroxylation sites is 1. The van der Waals surface area contributed by atoms with Gasteiger partial charge in [0.05, 0.1) is 11.0 Å². The summed E-state index contributed by atoms with van der Waals surface area (Å²) in [5.41, 5.74) is 1.66. The van der Waals surface area contributed by atoms with E-state index in [0.29, 0.717) is 18.0 Å². The van der Waals surface area contributed by atoms with E-state index >= 15 is 0 Å². The number of carbonyl (C=O) groups is 3. The van der Waals surface area contributed by atoms with Crippen LogP contribution in [0.1, 0.15) is 31.2 Å². The molecule has 0 N–H and O–H groups in total. The smallest absolute Gasteiger partial charge is 0.294 e. The molecule has 2 fully saturated rings. The van der Waals surface area contributed by atoms with Crippen LogP contribution in [0.25, 0.3) is 17.0 Å². The maximum absolute atomic E-state index is 12.9. The summed E-state index contributed by atoms with van der Waals surface area (Å²) in [5.74, 6) is -0.614. The second-order valence-corrected chi connectivity index (χ2v) is 8.44. The number of nitriles is 1. The van der Waals surface area contributed by atoms with Gasteiger partial charge in [-0.1, -0.05) is 31.0 Å². The van der Waals surface area contributed by atoms with Crippen molar-refractivity contribution < 1.29 is 14.4 Å². The fourth-order valence-corrected chi connectivity index (χ4v) is 4.76. The van der Waals surface area contributed by atoms with Crippen LogP contribution in [0, 0.1) is 11.3 Å². The Labute approximate surface area is 178 Å². The molecule has 4 rings (SSSR count). The first-order chi connectivity index (χ1) is 14.6. The molecule has 0 radical (unpaired) electrons. The van der Waals surface area contributed by atoms with Crippen molar-refractivity contribution in [3.05, 3.63) is 40.9 Å². The fraction of sp³-hybridized carbons (Fsp3) is 0.364. The summed E-state index contributed by atoms with van der Waals surface area (Å²) >= 11 is 0.854. The summed E-state index contributed by atoms with van der Waals surface area (Å²) in [6.45, 7) is 1.35. The van der Waals surface area contributed by atoms with E-state index in [1.165, 1.54) is 0 Å². The highest BCUT2D eigenvalue weighted by Crippen LogP contribution is 2.34. The Morgan fingerprint density at radius 3 is 2.60 bits per heavy atom. The van der Waals surface area contributed by atoms with Gasteiger partial charge in [-0.2, -0.15) is 5.26 Å². The number of hydrogen-bond donors (Lipinski definition) is 0. The number of nitrogens with zero attached hydrogens (tertiary/aromatic N) is 4. The van der Waals surface area contributed by atoms with Crippen molar-refractivity contribution in [3.8, 4) is 6.07 Å². The van der Waals surface area contributed by atoms with Gasteiger partial charge in [0.25, 0.3) is 11.1 Å². The largest absolute Gasteiger partial charge is 0.341 e. The Morgan fingerprint density at radius 1 is 1.13 bits per heavy atom. The highest BCUT2D eigenvalue weighted by atomic mass is 32.2. The van der Waals surface area contributed by atoms with Crippen molar-refractivity contribution in [3.63, 3.8) is 0 Å². The minimum atomic E-state index is -0.440. The van der Waals surface area contributed by atoms with Gasteiger partial charge in [0.15, 0.2) is 0 Å². The third-order valence-corrected chi connectivity index (χ3v) is 6.38. The van der Waals surface area contributed by atoms with Crippen LogP contribution in [0.5, 0.6) is 0 Å². The van der Waals surface area contributed by atoms with Crippen molar-refractivity contribution in [1.29, 1.82) is 5.26 Å². The predicted molar refractivity (Wildman–Crippen MR) is 115 cm³/mol. The summed E-state index contributed by atoms with van der Waals surface area (Å²) in [7, 11) is 0. The summed E-state index contributed by atoms with van der Waals surface area (Å²) in [5, 5.41) is 9.54. The molecule has 0 saturated carbocycles. The van der Waals surface area contributed by atoms with Gasteiger partial charge in [-0.05, 0) is 36.7 Å². The zero-order chi connectivity index (χ0) is 21.1. The summed E-state index contributed by atoms with van der Waals surface area (Å²) in [6, 6.07) is 9.74.